The summed E-state index contributed by atoms with van der Waals surface area (Å²) in [5, 5.41) is 15.1. The Labute approximate surface area is 162 Å². The molecule has 9 heteroatoms. The molecule has 1 aliphatic heterocycles. The molecule has 1 atom stereocenters. The molecule has 0 bridgehead atoms. The van der Waals surface area contributed by atoms with Crippen LogP contribution in [0.15, 0.2) is 30.5 Å². The Kier molecular flexibility index (Phi) is 5.72. The zero-order valence-corrected chi connectivity index (χ0v) is 15.8. The quantitative estimate of drug-likeness (QED) is 0.444. The Bertz CT molecular complexity index is 890. The van der Waals surface area contributed by atoms with Crippen LogP contribution in [0, 0.1) is 23.0 Å². The number of ether oxygens (including phenoxy) is 1. The summed E-state index contributed by atoms with van der Waals surface area (Å²) < 4.78 is 6.66. The van der Waals surface area contributed by atoms with Crippen LogP contribution in [-0.2, 0) is 9.53 Å². The smallest absolute Gasteiger partial charge is 0.310 e. The fourth-order valence-electron chi connectivity index (χ4n) is 3.38. The highest BCUT2D eigenvalue weighted by molar-refractivity contribution is 5.95. The van der Waals surface area contributed by atoms with Gasteiger partial charge in [-0.05, 0) is 38.8 Å². The summed E-state index contributed by atoms with van der Waals surface area (Å²) in [5.41, 5.74) is 1.70. The first-order valence-corrected chi connectivity index (χ1v) is 9.17. The SMILES string of the molecule is CCOC(=O)[C@H]1CCCN(C(=O)c2cnn(-c3ccc([N+](=O)[O-])cc3)c2C)C1. The number of non-ortho nitro benzene ring substituents is 1. The Morgan fingerprint density at radius 3 is 2.68 bits per heavy atom. The third kappa shape index (κ3) is 3.88. The van der Waals surface area contributed by atoms with Gasteiger partial charge in [0.1, 0.15) is 0 Å². The molecule has 1 aromatic carbocycles. The van der Waals surface area contributed by atoms with Crippen LogP contribution in [0.3, 0.4) is 0 Å². The highest BCUT2D eigenvalue weighted by Crippen LogP contribution is 2.23. The van der Waals surface area contributed by atoms with E-state index in [2.05, 4.69) is 5.10 Å². The van der Waals surface area contributed by atoms with Crippen LogP contribution in [0.1, 0.15) is 35.8 Å². The summed E-state index contributed by atoms with van der Waals surface area (Å²) in [6.07, 6.45) is 2.95. The average molecular weight is 386 g/mol. The zero-order chi connectivity index (χ0) is 20.3. The number of carbonyl (C=O) groups excluding carboxylic acids is 2. The number of hydrogen-bond donors (Lipinski definition) is 0. The van der Waals surface area contributed by atoms with Gasteiger partial charge in [0.15, 0.2) is 0 Å². The molecular formula is C19H22N4O5. The van der Waals surface area contributed by atoms with Crippen molar-refractivity contribution in [2.24, 2.45) is 5.92 Å². The van der Waals surface area contributed by atoms with Gasteiger partial charge in [0.2, 0.25) is 0 Å². The van der Waals surface area contributed by atoms with Crippen LogP contribution in [0.25, 0.3) is 5.69 Å². The molecule has 3 rings (SSSR count). The summed E-state index contributed by atoms with van der Waals surface area (Å²) in [6.45, 7) is 4.77. The first kappa shape index (κ1) is 19.5. The van der Waals surface area contributed by atoms with Crippen molar-refractivity contribution < 1.29 is 19.2 Å². The van der Waals surface area contributed by atoms with Crippen molar-refractivity contribution in [1.29, 1.82) is 0 Å². The van der Waals surface area contributed by atoms with Crippen LogP contribution in [0.4, 0.5) is 5.69 Å². The number of nitro benzene ring substituents is 1. The van der Waals surface area contributed by atoms with E-state index < -0.39 is 4.92 Å². The van der Waals surface area contributed by atoms with Gasteiger partial charge in [0, 0.05) is 25.2 Å². The lowest BCUT2D eigenvalue weighted by Crippen LogP contribution is -2.43. The van der Waals surface area contributed by atoms with Gasteiger partial charge < -0.3 is 9.64 Å². The molecule has 0 aliphatic carbocycles. The lowest BCUT2D eigenvalue weighted by atomic mass is 9.97. The van der Waals surface area contributed by atoms with E-state index in [1.807, 2.05) is 0 Å². The van der Waals surface area contributed by atoms with Gasteiger partial charge in [-0.1, -0.05) is 0 Å². The number of carbonyl (C=O) groups is 2. The molecule has 1 aromatic heterocycles. The number of amides is 1. The Morgan fingerprint density at radius 2 is 2.04 bits per heavy atom. The minimum atomic E-state index is -0.467. The van der Waals surface area contributed by atoms with Crippen LogP contribution in [-0.4, -0.2) is 51.2 Å². The summed E-state index contributed by atoms with van der Waals surface area (Å²) >= 11 is 0. The van der Waals surface area contributed by atoms with E-state index in [-0.39, 0.29) is 23.5 Å². The molecule has 0 radical (unpaired) electrons. The zero-order valence-electron chi connectivity index (χ0n) is 15.8. The second-order valence-electron chi connectivity index (χ2n) is 6.67. The van der Waals surface area contributed by atoms with Gasteiger partial charge in [-0.15, -0.1) is 0 Å². The molecular weight excluding hydrogens is 364 g/mol. The van der Waals surface area contributed by atoms with Crippen LogP contribution >= 0.6 is 0 Å². The monoisotopic (exact) mass is 386 g/mol. The normalized spacial score (nSPS) is 16.6. The van der Waals surface area contributed by atoms with Gasteiger partial charge in [-0.2, -0.15) is 5.10 Å². The number of nitro groups is 1. The van der Waals surface area contributed by atoms with Gasteiger partial charge >= 0.3 is 5.97 Å². The molecule has 2 aromatic rings. The second kappa shape index (κ2) is 8.20. The fraction of sp³-hybridized carbons (Fsp3) is 0.421. The van der Waals surface area contributed by atoms with E-state index in [4.69, 9.17) is 4.74 Å². The van der Waals surface area contributed by atoms with Gasteiger partial charge in [0.25, 0.3) is 11.6 Å². The molecule has 148 valence electrons. The molecule has 1 saturated heterocycles. The van der Waals surface area contributed by atoms with Crippen LogP contribution in [0.2, 0.25) is 0 Å². The second-order valence-corrected chi connectivity index (χ2v) is 6.67. The number of hydrogen-bond acceptors (Lipinski definition) is 6. The molecule has 2 heterocycles. The lowest BCUT2D eigenvalue weighted by Gasteiger charge is -2.31. The van der Waals surface area contributed by atoms with Gasteiger partial charge in [-0.3, -0.25) is 19.7 Å². The van der Waals surface area contributed by atoms with E-state index in [1.54, 1.807) is 35.6 Å². The first-order valence-electron chi connectivity index (χ1n) is 9.17. The predicted molar refractivity (Wildman–Crippen MR) is 100 cm³/mol. The van der Waals surface area contributed by atoms with Crippen molar-refractivity contribution in [2.45, 2.75) is 26.7 Å². The van der Waals surface area contributed by atoms with E-state index in [1.165, 1.54) is 18.3 Å². The van der Waals surface area contributed by atoms with E-state index >= 15 is 0 Å². The van der Waals surface area contributed by atoms with Crippen molar-refractivity contribution in [3.63, 3.8) is 0 Å². The van der Waals surface area contributed by atoms with Gasteiger partial charge in [0.05, 0.1) is 40.6 Å². The van der Waals surface area contributed by atoms with E-state index in [0.717, 1.165) is 6.42 Å². The Hall–Kier alpha value is -3.23. The van der Waals surface area contributed by atoms with Crippen molar-refractivity contribution in [3.05, 3.63) is 51.8 Å². The molecule has 0 saturated carbocycles. The van der Waals surface area contributed by atoms with E-state index in [9.17, 15) is 19.7 Å². The first-order chi connectivity index (χ1) is 13.4. The highest BCUT2D eigenvalue weighted by Gasteiger charge is 2.31. The predicted octanol–water partition coefficient (Wildman–Crippen LogP) is 2.50. The molecule has 1 fully saturated rings. The Morgan fingerprint density at radius 1 is 1.32 bits per heavy atom. The van der Waals surface area contributed by atoms with Crippen molar-refractivity contribution in [3.8, 4) is 5.69 Å². The topological polar surface area (TPSA) is 108 Å². The molecule has 28 heavy (non-hydrogen) atoms. The maximum Gasteiger partial charge on any atom is 0.310 e. The molecule has 0 spiro atoms. The summed E-state index contributed by atoms with van der Waals surface area (Å²) in [5.74, 6) is -0.749. The summed E-state index contributed by atoms with van der Waals surface area (Å²) in [4.78, 5) is 37.0. The Balaban J connectivity index is 1.78. The number of piperidine rings is 1. The molecule has 0 N–H and O–H groups in total. The molecule has 0 unspecified atom stereocenters. The van der Waals surface area contributed by atoms with Crippen molar-refractivity contribution in [1.82, 2.24) is 14.7 Å². The summed E-state index contributed by atoms with van der Waals surface area (Å²) in [6, 6.07) is 5.97. The number of nitrogens with zero attached hydrogens (tertiary/aromatic N) is 4. The highest BCUT2D eigenvalue weighted by atomic mass is 16.6. The third-order valence-electron chi connectivity index (χ3n) is 4.87. The molecule has 1 aliphatic rings. The standard InChI is InChI=1S/C19H22N4O5/c1-3-28-19(25)14-5-4-10-21(12-14)18(24)17-11-20-22(13(17)2)15-6-8-16(9-7-15)23(26)27/h6-9,11,14H,3-5,10,12H2,1-2H3/t14-/m0/s1. The average Bonchev–Trinajstić information content (AvgIpc) is 3.09. The number of rotatable bonds is 5. The lowest BCUT2D eigenvalue weighted by molar-refractivity contribution is -0.384. The third-order valence-corrected chi connectivity index (χ3v) is 4.87. The summed E-state index contributed by atoms with van der Waals surface area (Å²) in [7, 11) is 0. The number of benzene rings is 1. The number of aromatic nitrogens is 2. The van der Waals surface area contributed by atoms with Crippen molar-refractivity contribution in [2.75, 3.05) is 19.7 Å². The van der Waals surface area contributed by atoms with Crippen LogP contribution < -0.4 is 0 Å². The van der Waals surface area contributed by atoms with Gasteiger partial charge in [-0.25, -0.2) is 4.68 Å². The minimum Gasteiger partial charge on any atom is -0.466 e. The van der Waals surface area contributed by atoms with E-state index in [0.29, 0.717) is 43.1 Å². The maximum absolute atomic E-state index is 13.0. The minimum absolute atomic E-state index is 0.0109. The number of likely N-dealkylation sites (tertiary alicyclic amines) is 1. The molecule has 1 amide bonds. The van der Waals surface area contributed by atoms with Crippen LogP contribution in [0.5, 0.6) is 0 Å². The maximum atomic E-state index is 13.0. The number of esters is 1. The largest absolute Gasteiger partial charge is 0.466 e. The van der Waals surface area contributed by atoms with Crippen molar-refractivity contribution >= 4 is 17.6 Å². The molecule has 9 nitrogen and oxygen atoms in total. The fourth-order valence-corrected chi connectivity index (χ4v) is 3.38.